The van der Waals surface area contributed by atoms with Gasteiger partial charge in [-0.3, -0.25) is 4.90 Å². The highest BCUT2D eigenvalue weighted by Crippen LogP contribution is 2.53. The van der Waals surface area contributed by atoms with Crippen molar-refractivity contribution in [1.82, 2.24) is 4.90 Å². The molecule has 0 bridgehead atoms. The molecule has 3 nitrogen and oxygen atoms in total. The lowest BCUT2D eigenvalue weighted by molar-refractivity contribution is 0.0290. The topological polar surface area (TPSA) is 21.7 Å². The van der Waals surface area contributed by atoms with Crippen molar-refractivity contribution in [3.63, 3.8) is 0 Å². The molecule has 0 radical (unpaired) electrons. The van der Waals surface area contributed by atoms with Crippen molar-refractivity contribution < 1.29 is 9.47 Å². The van der Waals surface area contributed by atoms with Crippen molar-refractivity contribution >= 4 is 0 Å². The van der Waals surface area contributed by atoms with Gasteiger partial charge in [0.25, 0.3) is 0 Å². The van der Waals surface area contributed by atoms with E-state index in [4.69, 9.17) is 9.47 Å². The van der Waals surface area contributed by atoms with Gasteiger partial charge in [-0.1, -0.05) is 12.1 Å². The summed E-state index contributed by atoms with van der Waals surface area (Å²) in [6.45, 7) is 2.34. The van der Waals surface area contributed by atoms with Gasteiger partial charge in [-0.15, -0.1) is 0 Å². The van der Waals surface area contributed by atoms with Gasteiger partial charge in [0.1, 0.15) is 5.75 Å². The van der Waals surface area contributed by atoms with Gasteiger partial charge < -0.3 is 9.47 Å². The van der Waals surface area contributed by atoms with E-state index in [9.17, 15) is 0 Å². The smallest absolute Gasteiger partial charge is 0.119 e. The number of methoxy groups -OCH3 is 2. The molecule has 4 rings (SSSR count). The molecule has 1 fully saturated rings. The van der Waals surface area contributed by atoms with Crippen molar-refractivity contribution in [1.29, 1.82) is 0 Å². The first-order valence-electron chi connectivity index (χ1n) is 7.92. The number of rotatable bonds is 2. The lowest BCUT2D eigenvalue weighted by Gasteiger charge is -2.48. The first-order valence-corrected chi connectivity index (χ1v) is 7.92. The Morgan fingerprint density at radius 2 is 2.05 bits per heavy atom. The molecule has 112 valence electrons. The predicted octanol–water partition coefficient (Wildman–Crippen LogP) is 2.89. The van der Waals surface area contributed by atoms with Crippen LogP contribution in [0.1, 0.15) is 30.4 Å². The molecule has 21 heavy (non-hydrogen) atoms. The summed E-state index contributed by atoms with van der Waals surface area (Å²) in [7, 11) is 3.60. The third-order valence-electron chi connectivity index (χ3n) is 5.62. The van der Waals surface area contributed by atoms with Crippen molar-refractivity contribution in [3.05, 3.63) is 41.0 Å². The zero-order valence-corrected chi connectivity index (χ0v) is 12.9. The molecule has 0 N–H and O–H groups in total. The van der Waals surface area contributed by atoms with Crippen molar-refractivity contribution in [3.8, 4) is 5.75 Å². The summed E-state index contributed by atoms with van der Waals surface area (Å²) in [6.07, 6.45) is 7.24. The molecule has 2 atom stereocenters. The number of nitrogens with zero attached hydrogens (tertiary/aromatic N) is 1. The Balaban J connectivity index is 1.89. The molecule has 2 unspecified atom stereocenters. The Labute approximate surface area is 126 Å². The Morgan fingerprint density at radius 3 is 2.86 bits per heavy atom. The number of benzene rings is 1. The van der Waals surface area contributed by atoms with Crippen LogP contribution >= 0.6 is 0 Å². The molecule has 3 aliphatic rings. The minimum absolute atomic E-state index is 0.0705. The van der Waals surface area contributed by atoms with Gasteiger partial charge in [0.15, 0.2) is 0 Å². The quantitative estimate of drug-likeness (QED) is 0.780. The zero-order chi connectivity index (χ0) is 14.4. The highest BCUT2D eigenvalue weighted by molar-refractivity contribution is 5.50. The standard InChI is InChI=1S/C18H23NO2/c1-20-15-5-3-13-7-9-19-10-8-14-4-6-16(21-2)12-18(14,19)17(13)11-15/h3-5,11,16H,6-10,12H2,1-2H3. The molecule has 1 aromatic carbocycles. The molecule has 2 aliphatic heterocycles. The second-order valence-electron chi connectivity index (χ2n) is 6.40. The molecule has 0 amide bonds. The molecule has 1 spiro atoms. The number of hydrogen-bond donors (Lipinski definition) is 0. The van der Waals surface area contributed by atoms with E-state index >= 15 is 0 Å². The largest absolute Gasteiger partial charge is 0.497 e. The Hall–Kier alpha value is -1.32. The lowest BCUT2D eigenvalue weighted by Crippen LogP contribution is -2.50. The summed E-state index contributed by atoms with van der Waals surface area (Å²) in [5, 5.41) is 0. The van der Waals surface area contributed by atoms with Crippen LogP contribution in [0, 0.1) is 0 Å². The molecule has 1 aromatic rings. The average Bonchev–Trinajstić information content (AvgIpc) is 2.93. The molecule has 1 aliphatic carbocycles. The van der Waals surface area contributed by atoms with E-state index < -0.39 is 0 Å². The van der Waals surface area contributed by atoms with Gasteiger partial charge >= 0.3 is 0 Å². The summed E-state index contributed by atoms with van der Waals surface area (Å²) in [5.41, 5.74) is 4.61. The third kappa shape index (κ3) is 1.80. The van der Waals surface area contributed by atoms with Crippen LogP contribution < -0.4 is 4.74 Å². The second-order valence-corrected chi connectivity index (χ2v) is 6.40. The van der Waals surface area contributed by atoms with E-state index in [1.165, 1.54) is 24.1 Å². The van der Waals surface area contributed by atoms with Crippen molar-refractivity contribution in [2.45, 2.75) is 37.3 Å². The molecule has 0 aromatic heterocycles. The first kappa shape index (κ1) is 13.4. The van der Waals surface area contributed by atoms with E-state index in [0.29, 0.717) is 6.10 Å². The van der Waals surface area contributed by atoms with Crippen LogP contribution in [0.5, 0.6) is 5.75 Å². The number of ether oxygens (including phenoxy) is 2. The minimum atomic E-state index is 0.0705. The minimum Gasteiger partial charge on any atom is -0.497 e. The van der Waals surface area contributed by atoms with Crippen LogP contribution in [0.4, 0.5) is 0 Å². The van der Waals surface area contributed by atoms with Gasteiger partial charge in [0.2, 0.25) is 0 Å². The van der Waals surface area contributed by atoms with Crippen molar-refractivity contribution in [2.24, 2.45) is 0 Å². The van der Waals surface area contributed by atoms with E-state index in [2.05, 4.69) is 29.2 Å². The van der Waals surface area contributed by atoms with Gasteiger partial charge in [-0.25, -0.2) is 0 Å². The van der Waals surface area contributed by atoms with Gasteiger partial charge in [0.05, 0.1) is 18.8 Å². The maximum atomic E-state index is 5.71. The highest BCUT2D eigenvalue weighted by atomic mass is 16.5. The number of hydrogen-bond acceptors (Lipinski definition) is 3. The Kier molecular flexibility index (Phi) is 3.09. The van der Waals surface area contributed by atoms with Crippen LogP contribution in [-0.2, 0) is 16.7 Å². The fourth-order valence-corrected chi connectivity index (χ4v) is 4.55. The Bertz CT molecular complexity index is 595. The summed E-state index contributed by atoms with van der Waals surface area (Å²) in [6, 6.07) is 6.62. The maximum absolute atomic E-state index is 5.71. The summed E-state index contributed by atoms with van der Waals surface area (Å²) in [4.78, 5) is 2.67. The lowest BCUT2D eigenvalue weighted by atomic mass is 9.71. The van der Waals surface area contributed by atoms with Gasteiger partial charge in [-0.2, -0.15) is 0 Å². The van der Waals surface area contributed by atoms with Crippen LogP contribution in [-0.4, -0.2) is 38.3 Å². The van der Waals surface area contributed by atoms with Crippen LogP contribution in [0.3, 0.4) is 0 Å². The summed E-state index contributed by atoms with van der Waals surface area (Å²) < 4.78 is 11.2. The monoisotopic (exact) mass is 285 g/mol. The van der Waals surface area contributed by atoms with Crippen LogP contribution in [0.25, 0.3) is 0 Å². The fourth-order valence-electron chi connectivity index (χ4n) is 4.55. The van der Waals surface area contributed by atoms with E-state index in [1.54, 1.807) is 12.7 Å². The molecule has 3 heteroatoms. The van der Waals surface area contributed by atoms with E-state index in [0.717, 1.165) is 31.6 Å². The SMILES string of the molecule is COc1ccc2c(c1)C13CC(OC)CC=C1CCN3CC2. The van der Waals surface area contributed by atoms with Gasteiger partial charge in [-0.05, 0) is 48.1 Å². The van der Waals surface area contributed by atoms with Crippen LogP contribution in [0.2, 0.25) is 0 Å². The summed E-state index contributed by atoms with van der Waals surface area (Å²) in [5.74, 6) is 0.968. The van der Waals surface area contributed by atoms with E-state index in [-0.39, 0.29) is 5.54 Å². The predicted molar refractivity (Wildman–Crippen MR) is 82.7 cm³/mol. The van der Waals surface area contributed by atoms with Gasteiger partial charge in [0, 0.05) is 26.6 Å². The fraction of sp³-hybridized carbons (Fsp3) is 0.556. The van der Waals surface area contributed by atoms with Crippen LogP contribution in [0.15, 0.2) is 29.8 Å². The normalized spacial score (nSPS) is 31.1. The maximum Gasteiger partial charge on any atom is 0.119 e. The van der Waals surface area contributed by atoms with E-state index in [1.807, 2.05) is 7.11 Å². The number of fused-ring (bicyclic) bond motifs is 1. The summed E-state index contributed by atoms with van der Waals surface area (Å²) >= 11 is 0. The first-order chi connectivity index (χ1) is 10.3. The molecular weight excluding hydrogens is 262 g/mol. The molecule has 2 heterocycles. The zero-order valence-electron chi connectivity index (χ0n) is 12.9. The Morgan fingerprint density at radius 1 is 1.19 bits per heavy atom. The molecule has 0 saturated carbocycles. The van der Waals surface area contributed by atoms with Crippen molar-refractivity contribution in [2.75, 3.05) is 27.3 Å². The molecular formula is C18H23NO2. The highest BCUT2D eigenvalue weighted by Gasteiger charge is 2.51. The molecule has 1 saturated heterocycles. The average molecular weight is 285 g/mol. The second kappa shape index (κ2) is 4.85. The third-order valence-corrected chi connectivity index (χ3v) is 5.62.